The van der Waals surface area contributed by atoms with Crippen molar-refractivity contribution < 1.29 is 0 Å². The quantitative estimate of drug-likeness (QED) is 0.870. The predicted octanol–water partition coefficient (Wildman–Crippen LogP) is 2.73. The number of hydrogen-bond acceptors (Lipinski definition) is 3. The standard InChI is InChI=1S/C15H25N3/c1-3-14-8-13(10-16)9-15(17-14)18(2)11-12-6-4-5-7-12/h8-9,12H,3-7,10-11,16H2,1-2H3. The Labute approximate surface area is 110 Å². The number of pyridine rings is 1. The molecular formula is C15H25N3. The van der Waals surface area contributed by atoms with Crippen molar-refractivity contribution >= 4 is 5.82 Å². The van der Waals surface area contributed by atoms with E-state index in [1.807, 2.05) is 0 Å². The first-order valence-electron chi connectivity index (χ1n) is 7.14. The Kier molecular flexibility index (Phi) is 4.59. The highest BCUT2D eigenvalue weighted by Gasteiger charge is 2.17. The number of aryl methyl sites for hydroxylation is 1. The molecule has 0 bridgehead atoms. The first kappa shape index (κ1) is 13.3. The third-order valence-electron chi connectivity index (χ3n) is 3.92. The summed E-state index contributed by atoms with van der Waals surface area (Å²) in [5, 5.41) is 0. The van der Waals surface area contributed by atoms with Gasteiger partial charge in [-0.3, -0.25) is 0 Å². The lowest BCUT2D eigenvalue weighted by atomic mass is 10.1. The molecule has 100 valence electrons. The summed E-state index contributed by atoms with van der Waals surface area (Å²) in [6.07, 6.45) is 6.52. The van der Waals surface area contributed by atoms with Crippen molar-refractivity contribution in [3.05, 3.63) is 23.4 Å². The zero-order valence-corrected chi connectivity index (χ0v) is 11.7. The summed E-state index contributed by atoms with van der Waals surface area (Å²) in [4.78, 5) is 7.01. The zero-order chi connectivity index (χ0) is 13.0. The molecule has 3 heteroatoms. The number of rotatable bonds is 5. The van der Waals surface area contributed by atoms with Gasteiger partial charge < -0.3 is 10.6 Å². The van der Waals surface area contributed by atoms with Gasteiger partial charge in [0.15, 0.2) is 0 Å². The average molecular weight is 247 g/mol. The summed E-state index contributed by atoms with van der Waals surface area (Å²) >= 11 is 0. The summed E-state index contributed by atoms with van der Waals surface area (Å²) in [6, 6.07) is 4.25. The Morgan fingerprint density at radius 2 is 2.06 bits per heavy atom. The average Bonchev–Trinajstić information content (AvgIpc) is 2.90. The van der Waals surface area contributed by atoms with Crippen molar-refractivity contribution in [2.75, 3.05) is 18.5 Å². The lowest BCUT2D eigenvalue weighted by molar-refractivity contribution is 0.544. The minimum atomic E-state index is 0.597. The van der Waals surface area contributed by atoms with E-state index < -0.39 is 0 Å². The molecule has 1 aromatic rings. The third-order valence-corrected chi connectivity index (χ3v) is 3.92. The number of nitrogens with zero attached hydrogens (tertiary/aromatic N) is 2. The molecule has 2 N–H and O–H groups in total. The van der Waals surface area contributed by atoms with Gasteiger partial charge in [-0.1, -0.05) is 19.8 Å². The van der Waals surface area contributed by atoms with Crippen molar-refractivity contribution in [3.63, 3.8) is 0 Å². The molecule has 0 unspecified atom stereocenters. The summed E-state index contributed by atoms with van der Waals surface area (Å²) < 4.78 is 0. The Bertz CT molecular complexity index is 361. The second kappa shape index (κ2) is 6.19. The van der Waals surface area contributed by atoms with E-state index in [2.05, 4.69) is 31.0 Å². The summed E-state index contributed by atoms with van der Waals surface area (Å²) in [6.45, 7) is 3.87. The van der Waals surface area contributed by atoms with Crippen LogP contribution in [0.5, 0.6) is 0 Å². The van der Waals surface area contributed by atoms with Crippen LogP contribution in [-0.4, -0.2) is 18.6 Å². The van der Waals surface area contributed by atoms with Crippen molar-refractivity contribution in [2.24, 2.45) is 11.7 Å². The second-order valence-electron chi connectivity index (χ2n) is 5.41. The van der Waals surface area contributed by atoms with Crippen molar-refractivity contribution in [3.8, 4) is 0 Å². The molecule has 0 aliphatic heterocycles. The summed E-state index contributed by atoms with van der Waals surface area (Å²) in [5.41, 5.74) is 8.09. The fourth-order valence-corrected chi connectivity index (χ4v) is 2.80. The van der Waals surface area contributed by atoms with E-state index in [0.717, 1.165) is 30.4 Å². The maximum absolute atomic E-state index is 5.76. The van der Waals surface area contributed by atoms with Crippen molar-refractivity contribution in [1.82, 2.24) is 4.98 Å². The molecular weight excluding hydrogens is 222 g/mol. The van der Waals surface area contributed by atoms with Gasteiger partial charge in [0.05, 0.1) is 0 Å². The van der Waals surface area contributed by atoms with Gasteiger partial charge >= 0.3 is 0 Å². The van der Waals surface area contributed by atoms with Gasteiger partial charge in [0, 0.05) is 25.8 Å². The molecule has 0 spiro atoms. The number of nitrogens with two attached hydrogens (primary N) is 1. The van der Waals surface area contributed by atoms with Gasteiger partial charge in [-0.2, -0.15) is 0 Å². The smallest absolute Gasteiger partial charge is 0.128 e. The first-order chi connectivity index (χ1) is 8.72. The third kappa shape index (κ3) is 3.22. The molecule has 1 aromatic heterocycles. The maximum Gasteiger partial charge on any atom is 0.128 e. The van der Waals surface area contributed by atoms with Crippen LogP contribution >= 0.6 is 0 Å². The van der Waals surface area contributed by atoms with Crippen LogP contribution in [-0.2, 0) is 13.0 Å². The molecule has 0 atom stereocenters. The first-order valence-corrected chi connectivity index (χ1v) is 7.14. The normalized spacial score (nSPS) is 16.2. The van der Waals surface area contributed by atoms with E-state index in [1.54, 1.807) is 0 Å². The fraction of sp³-hybridized carbons (Fsp3) is 0.667. The molecule has 18 heavy (non-hydrogen) atoms. The van der Waals surface area contributed by atoms with Crippen LogP contribution in [0.1, 0.15) is 43.9 Å². The molecule has 1 aliphatic rings. The Morgan fingerprint density at radius 1 is 1.33 bits per heavy atom. The van der Waals surface area contributed by atoms with Gasteiger partial charge in [0.25, 0.3) is 0 Å². The molecule has 0 amide bonds. The Balaban J connectivity index is 2.09. The van der Waals surface area contributed by atoms with E-state index in [9.17, 15) is 0 Å². The lowest BCUT2D eigenvalue weighted by Gasteiger charge is -2.23. The largest absolute Gasteiger partial charge is 0.359 e. The molecule has 0 radical (unpaired) electrons. The maximum atomic E-state index is 5.76. The van der Waals surface area contributed by atoms with Crippen molar-refractivity contribution in [1.29, 1.82) is 0 Å². The van der Waals surface area contributed by atoms with E-state index in [0.29, 0.717) is 6.54 Å². The molecule has 3 nitrogen and oxygen atoms in total. The zero-order valence-electron chi connectivity index (χ0n) is 11.7. The fourth-order valence-electron chi connectivity index (χ4n) is 2.80. The minimum absolute atomic E-state index is 0.597. The molecule has 1 aliphatic carbocycles. The minimum Gasteiger partial charge on any atom is -0.359 e. The van der Waals surface area contributed by atoms with E-state index in [-0.39, 0.29) is 0 Å². The predicted molar refractivity (Wildman–Crippen MR) is 76.7 cm³/mol. The second-order valence-corrected chi connectivity index (χ2v) is 5.41. The Morgan fingerprint density at radius 3 is 2.67 bits per heavy atom. The van der Waals surface area contributed by atoms with Crippen LogP contribution in [0, 0.1) is 5.92 Å². The summed E-state index contributed by atoms with van der Waals surface area (Å²) in [7, 11) is 2.15. The summed E-state index contributed by atoms with van der Waals surface area (Å²) in [5.74, 6) is 1.94. The molecule has 2 rings (SSSR count). The lowest BCUT2D eigenvalue weighted by Crippen LogP contribution is -2.25. The molecule has 1 heterocycles. The highest BCUT2D eigenvalue weighted by Crippen LogP contribution is 2.26. The Hall–Kier alpha value is -1.09. The van der Waals surface area contributed by atoms with E-state index >= 15 is 0 Å². The molecule has 1 fully saturated rings. The number of aromatic nitrogens is 1. The van der Waals surface area contributed by atoms with Gasteiger partial charge in [0.1, 0.15) is 5.82 Å². The SMILES string of the molecule is CCc1cc(CN)cc(N(C)CC2CCCC2)n1. The number of hydrogen-bond donors (Lipinski definition) is 1. The van der Waals surface area contributed by atoms with Gasteiger partial charge in [-0.05, 0) is 42.9 Å². The van der Waals surface area contributed by atoms with Crippen LogP contribution < -0.4 is 10.6 Å². The topological polar surface area (TPSA) is 42.1 Å². The highest BCUT2D eigenvalue weighted by atomic mass is 15.2. The van der Waals surface area contributed by atoms with Crippen LogP contribution in [0.15, 0.2) is 12.1 Å². The van der Waals surface area contributed by atoms with Crippen LogP contribution in [0.25, 0.3) is 0 Å². The van der Waals surface area contributed by atoms with Crippen LogP contribution in [0.3, 0.4) is 0 Å². The van der Waals surface area contributed by atoms with Crippen LogP contribution in [0.4, 0.5) is 5.82 Å². The molecule has 0 aromatic carbocycles. The van der Waals surface area contributed by atoms with E-state index in [4.69, 9.17) is 10.7 Å². The number of anilines is 1. The van der Waals surface area contributed by atoms with Gasteiger partial charge in [-0.25, -0.2) is 4.98 Å². The van der Waals surface area contributed by atoms with Gasteiger partial charge in [-0.15, -0.1) is 0 Å². The van der Waals surface area contributed by atoms with Crippen LogP contribution in [0.2, 0.25) is 0 Å². The van der Waals surface area contributed by atoms with Crippen molar-refractivity contribution in [2.45, 2.75) is 45.6 Å². The molecule has 1 saturated carbocycles. The highest BCUT2D eigenvalue weighted by molar-refractivity contribution is 5.42. The molecule has 0 saturated heterocycles. The van der Waals surface area contributed by atoms with E-state index in [1.165, 1.54) is 31.2 Å². The monoisotopic (exact) mass is 247 g/mol. The van der Waals surface area contributed by atoms with Gasteiger partial charge in [0.2, 0.25) is 0 Å².